The summed E-state index contributed by atoms with van der Waals surface area (Å²) < 4.78 is 7.07. The molecule has 0 saturated carbocycles. The summed E-state index contributed by atoms with van der Waals surface area (Å²) in [5.41, 5.74) is 1.75. The molecule has 0 aliphatic heterocycles. The second-order valence-corrected chi connectivity index (χ2v) is 5.41. The maximum Gasteiger partial charge on any atom is 0.338 e. The molecule has 3 rings (SSSR count). The second-order valence-electron chi connectivity index (χ2n) is 5.41. The van der Waals surface area contributed by atoms with Gasteiger partial charge in [-0.05, 0) is 12.1 Å². The van der Waals surface area contributed by atoms with E-state index in [-0.39, 0.29) is 11.5 Å². The Morgan fingerprint density at radius 3 is 2.52 bits per heavy atom. The van der Waals surface area contributed by atoms with Crippen LogP contribution in [0.5, 0.6) is 5.75 Å². The van der Waals surface area contributed by atoms with Crippen LogP contribution in [0.25, 0.3) is 16.4 Å². The third-order valence-electron chi connectivity index (χ3n) is 3.79. The van der Waals surface area contributed by atoms with Gasteiger partial charge in [-0.3, -0.25) is 4.79 Å². The van der Waals surface area contributed by atoms with Crippen molar-refractivity contribution in [3.05, 3.63) is 47.7 Å². The number of para-hydroxylation sites is 1. The number of pyridine rings is 1. The minimum Gasteiger partial charge on any atom is -0.495 e. The third kappa shape index (κ3) is 2.19. The molecule has 2 heterocycles. The van der Waals surface area contributed by atoms with E-state index < -0.39 is 5.97 Å². The summed E-state index contributed by atoms with van der Waals surface area (Å²) >= 11 is 0. The average molecular weight is 312 g/mol. The quantitative estimate of drug-likeness (QED) is 0.806. The molecule has 0 aliphatic rings. The van der Waals surface area contributed by atoms with E-state index in [4.69, 9.17) is 4.74 Å². The molecule has 0 saturated heterocycles. The van der Waals surface area contributed by atoms with E-state index in [2.05, 4.69) is 0 Å². The predicted molar refractivity (Wildman–Crippen MR) is 86.4 cm³/mol. The van der Waals surface area contributed by atoms with Crippen LogP contribution < -0.4 is 4.74 Å². The lowest BCUT2D eigenvalue weighted by atomic mass is 10.1. The normalized spacial score (nSPS) is 10.9. The van der Waals surface area contributed by atoms with Gasteiger partial charge in [0.15, 0.2) is 0 Å². The number of nitrogens with zero attached hydrogens (tertiary/aromatic N) is 2. The third-order valence-corrected chi connectivity index (χ3v) is 3.79. The first-order valence-corrected chi connectivity index (χ1v) is 7.01. The van der Waals surface area contributed by atoms with Gasteiger partial charge < -0.3 is 19.1 Å². The number of carbonyl (C=O) groups excluding carboxylic acids is 1. The van der Waals surface area contributed by atoms with Crippen LogP contribution in [-0.4, -0.2) is 47.5 Å². The highest BCUT2D eigenvalue weighted by Crippen LogP contribution is 2.33. The van der Waals surface area contributed by atoms with Crippen molar-refractivity contribution < 1.29 is 19.4 Å². The van der Waals surface area contributed by atoms with Crippen molar-refractivity contribution in [2.75, 3.05) is 21.2 Å². The Balaban J connectivity index is 2.49. The summed E-state index contributed by atoms with van der Waals surface area (Å²) in [6.45, 7) is 0. The van der Waals surface area contributed by atoms with Crippen molar-refractivity contribution in [3.63, 3.8) is 0 Å². The Morgan fingerprint density at radius 2 is 1.91 bits per heavy atom. The van der Waals surface area contributed by atoms with E-state index in [1.807, 2.05) is 12.1 Å². The Hall–Kier alpha value is -3.02. The summed E-state index contributed by atoms with van der Waals surface area (Å²) in [6.07, 6.45) is 1.65. The Kier molecular flexibility index (Phi) is 3.44. The number of aromatic carboxylic acids is 1. The molecule has 118 valence electrons. The van der Waals surface area contributed by atoms with Gasteiger partial charge in [0.25, 0.3) is 5.91 Å². The Morgan fingerprint density at radius 1 is 1.22 bits per heavy atom. The molecular weight excluding hydrogens is 296 g/mol. The van der Waals surface area contributed by atoms with E-state index in [0.29, 0.717) is 27.7 Å². The summed E-state index contributed by atoms with van der Waals surface area (Å²) in [5, 5.41) is 10.2. The number of carboxylic acid groups (broad SMARTS) is 1. The number of benzene rings is 1. The topological polar surface area (TPSA) is 71.2 Å². The molecule has 0 atom stereocenters. The average Bonchev–Trinajstić information content (AvgIpc) is 2.87. The smallest absolute Gasteiger partial charge is 0.338 e. The van der Waals surface area contributed by atoms with Crippen LogP contribution in [-0.2, 0) is 0 Å². The zero-order chi connectivity index (χ0) is 16.7. The highest BCUT2D eigenvalue weighted by molar-refractivity contribution is 6.12. The van der Waals surface area contributed by atoms with Gasteiger partial charge in [0.1, 0.15) is 11.3 Å². The number of hydrogen-bond donors (Lipinski definition) is 1. The van der Waals surface area contributed by atoms with Crippen molar-refractivity contribution in [2.45, 2.75) is 0 Å². The first-order chi connectivity index (χ1) is 11.0. The van der Waals surface area contributed by atoms with E-state index in [0.717, 1.165) is 0 Å². The van der Waals surface area contributed by atoms with Gasteiger partial charge in [0.05, 0.1) is 23.8 Å². The number of amides is 1. The van der Waals surface area contributed by atoms with Gasteiger partial charge in [0, 0.05) is 25.7 Å². The highest BCUT2D eigenvalue weighted by atomic mass is 16.5. The standard InChI is InChI=1S/C17H16N2O4/c1-18(2)16(20)10-8-13(23-3)15-14(17(21)22)11-6-4-5-7-12(11)19(15)9-10/h4-9H,1-3H3,(H,21,22). The molecule has 0 fully saturated rings. The Bertz CT molecular complexity index is 941. The zero-order valence-electron chi connectivity index (χ0n) is 13.0. The van der Waals surface area contributed by atoms with Crippen molar-refractivity contribution in [2.24, 2.45) is 0 Å². The monoisotopic (exact) mass is 312 g/mol. The van der Waals surface area contributed by atoms with Gasteiger partial charge >= 0.3 is 5.97 Å². The van der Waals surface area contributed by atoms with Gasteiger partial charge in [-0.25, -0.2) is 4.79 Å². The summed E-state index contributed by atoms with van der Waals surface area (Å²) in [6, 6.07) is 8.75. The minimum atomic E-state index is -1.03. The number of aromatic nitrogens is 1. The fourth-order valence-corrected chi connectivity index (χ4v) is 2.77. The zero-order valence-corrected chi connectivity index (χ0v) is 13.0. The number of fused-ring (bicyclic) bond motifs is 3. The molecule has 0 unspecified atom stereocenters. The number of methoxy groups -OCH3 is 1. The lowest BCUT2D eigenvalue weighted by Gasteiger charge is -2.13. The number of hydrogen-bond acceptors (Lipinski definition) is 3. The van der Waals surface area contributed by atoms with Crippen LogP contribution in [0.3, 0.4) is 0 Å². The maximum atomic E-state index is 12.3. The molecular formula is C17H16N2O4. The number of rotatable bonds is 3. The fourth-order valence-electron chi connectivity index (χ4n) is 2.77. The van der Waals surface area contributed by atoms with Crippen LogP contribution in [0.1, 0.15) is 20.7 Å². The van der Waals surface area contributed by atoms with Crippen LogP contribution in [0.15, 0.2) is 36.5 Å². The molecule has 6 nitrogen and oxygen atoms in total. The lowest BCUT2D eigenvalue weighted by Crippen LogP contribution is -2.22. The molecule has 2 aromatic heterocycles. The van der Waals surface area contributed by atoms with E-state index in [1.54, 1.807) is 42.9 Å². The van der Waals surface area contributed by atoms with Crippen molar-refractivity contribution in [1.29, 1.82) is 0 Å². The SMILES string of the molecule is COc1cc(C(=O)N(C)C)cn2c1c(C(=O)O)c1ccccc12. The molecule has 6 heteroatoms. The van der Waals surface area contributed by atoms with Gasteiger partial charge in [0.2, 0.25) is 0 Å². The first kappa shape index (κ1) is 14.9. The van der Waals surface area contributed by atoms with Gasteiger partial charge in [-0.2, -0.15) is 0 Å². The molecule has 23 heavy (non-hydrogen) atoms. The van der Waals surface area contributed by atoms with Crippen molar-refractivity contribution >= 4 is 28.3 Å². The molecule has 0 spiro atoms. The largest absolute Gasteiger partial charge is 0.495 e. The fraction of sp³-hybridized carbons (Fsp3) is 0.176. The molecule has 1 aromatic carbocycles. The number of carboxylic acids is 1. The summed E-state index contributed by atoms with van der Waals surface area (Å²) in [7, 11) is 4.79. The number of ether oxygens (including phenoxy) is 1. The van der Waals surface area contributed by atoms with Crippen molar-refractivity contribution in [1.82, 2.24) is 9.30 Å². The highest BCUT2D eigenvalue weighted by Gasteiger charge is 2.22. The van der Waals surface area contributed by atoms with Gasteiger partial charge in [-0.1, -0.05) is 18.2 Å². The van der Waals surface area contributed by atoms with E-state index >= 15 is 0 Å². The molecule has 1 N–H and O–H groups in total. The predicted octanol–water partition coefficient (Wildman–Crippen LogP) is 2.50. The lowest BCUT2D eigenvalue weighted by molar-refractivity contribution is 0.0700. The molecule has 0 bridgehead atoms. The maximum absolute atomic E-state index is 12.3. The summed E-state index contributed by atoms with van der Waals surface area (Å²) in [5.74, 6) is -0.861. The Labute approximate surface area is 132 Å². The van der Waals surface area contributed by atoms with Gasteiger partial charge in [-0.15, -0.1) is 0 Å². The minimum absolute atomic E-state index is 0.168. The van der Waals surface area contributed by atoms with E-state index in [1.165, 1.54) is 12.0 Å². The van der Waals surface area contributed by atoms with Crippen LogP contribution >= 0.6 is 0 Å². The summed E-state index contributed by atoms with van der Waals surface area (Å²) in [4.78, 5) is 25.5. The van der Waals surface area contributed by atoms with Crippen molar-refractivity contribution in [3.8, 4) is 5.75 Å². The molecule has 0 aliphatic carbocycles. The molecule has 0 radical (unpaired) electrons. The second kappa shape index (κ2) is 5.31. The van der Waals surface area contributed by atoms with Crippen LogP contribution in [0, 0.1) is 0 Å². The molecule has 3 aromatic rings. The van der Waals surface area contributed by atoms with Crippen LogP contribution in [0.4, 0.5) is 0 Å². The molecule has 1 amide bonds. The first-order valence-electron chi connectivity index (χ1n) is 7.01. The van der Waals surface area contributed by atoms with E-state index in [9.17, 15) is 14.7 Å². The number of carbonyl (C=O) groups is 2. The van der Waals surface area contributed by atoms with Crippen LogP contribution in [0.2, 0.25) is 0 Å².